The first-order chi connectivity index (χ1) is 8.18. The van der Waals surface area contributed by atoms with E-state index < -0.39 is 0 Å². The summed E-state index contributed by atoms with van der Waals surface area (Å²) in [6.07, 6.45) is 6.66. The maximum absolute atomic E-state index is 5.76. The predicted octanol–water partition coefficient (Wildman–Crippen LogP) is 2.51. The van der Waals surface area contributed by atoms with Crippen LogP contribution in [-0.4, -0.2) is 31.8 Å². The van der Waals surface area contributed by atoms with E-state index in [1.54, 1.807) is 0 Å². The van der Waals surface area contributed by atoms with Crippen molar-refractivity contribution in [3.05, 3.63) is 0 Å². The first-order valence-electron chi connectivity index (χ1n) is 6.84. The van der Waals surface area contributed by atoms with Crippen LogP contribution in [0.3, 0.4) is 0 Å². The number of ether oxygens (including phenoxy) is 1. The predicted molar refractivity (Wildman–Crippen MR) is 87.6 cm³/mol. The molecule has 0 atom stereocenters. The highest BCUT2D eigenvalue weighted by molar-refractivity contribution is 14.0. The van der Waals surface area contributed by atoms with Crippen molar-refractivity contribution in [3.8, 4) is 0 Å². The topological polar surface area (TPSA) is 59.6 Å². The lowest BCUT2D eigenvalue weighted by molar-refractivity contribution is 0.0574. The second kappa shape index (κ2) is 10.8. The standard InChI is InChI=1S/C13H27N3O.HI/c1-11(2)10-16-13(14)15-8-5-9-17-12-6-3-4-7-12;/h11-12H,3-10H2,1-2H3,(H3,14,15,16);1H. The highest BCUT2D eigenvalue weighted by atomic mass is 127. The zero-order valence-electron chi connectivity index (χ0n) is 11.7. The molecule has 0 heterocycles. The summed E-state index contributed by atoms with van der Waals surface area (Å²) in [6, 6.07) is 0. The Morgan fingerprint density at radius 3 is 2.67 bits per heavy atom. The van der Waals surface area contributed by atoms with Crippen LogP contribution in [0.25, 0.3) is 0 Å². The van der Waals surface area contributed by atoms with E-state index in [1.165, 1.54) is 25.7 Å². The molecule has 1 fully saturated rings. The molecule has 0 aliphatic heterocycles. The van der Waals surface area contributed by atoms with Gasteiger partial charge < -0.3 is 15.8 Å². The number of nitrogens with two attached hydrogens (primary N) is 1. The number of hydrogen-bond acceptors (Lipinski definition) is 2. The Hall–Kier alpha value is -0.0400. The molecule has 18 heavy (non-hydrogen) atoms. The Kier molecular flexibility index (Phi) is 10.8. The Balaban J connectivity index is 0.00000289. The summed E-state index contributed by atoms with van der Waals surface area (Å²) in [5.74, 6) is 1.11. The van der Waals surface area contributed by atoms with Crippen molar-refractivity contribution in [2.75, 3.05) is 19.7 Å². The quantitative estimate of drug-likeness (QED) is 0.314. The molecule has 0 aromatic rings. The third kappa shape index (κ3) is 8.97. The van der Waals surface area contributed by atoms with E-state index in [9.17, 15) is 0 Å². The summed E-state index contributed by atoms with van der Waals surface area (Å²) in [5.41, 5.74) is 5.72. The zero-order valence-corrected chi connectivity index (χ0v) is 14.0. The molecule has 0 spiro atoms. The van der Waals surface area contributed by atoms with Gasteiger partial charge in [-0.2, -0.15) is 0 Å². The number of nitrogens with zero attached hydrogens (tertiary/aromatic N) is 1. The van der Waals surface area contributed by atoms with Crippen LogP contribution in [0, 0.1) is 5.92 Å². The number of rotatable bonds is 7. The molecule has 0 radical (unpaired) electrons. The number of aliphatic imine (C=N–C) groups is 1. The largest absolute Gasteiger partial charge is 0.378 e. The summed E-state index contributed by atoms with van der Waals surface area (Å²) < 4.78 is 5.76. The van der Waals surface area contributed by atoms with Gasteiger partial charge in [0.15, 0.2) is 5.96 Å². The summed E-state index contributed by atoms with van der Waals surface area (Å²) >= 11 is 0. The summed E-state index contributed by atoms with van der Waals surface area (Å²) in [4.78, 5) is 4.24. The molecule has 1 rings (SSSR count). The molecule has 1 aliphatic rings. The maximum atomic E-state index is 5.76. The van der Waals surface area contributed by atoms with Crippen LogP contribution in [0.1, 0.15) is 46.0 Å². The Labute approximate surface area is 128 Å². The number of nitrogens with one attached hydrogen (secondary N) is 1. The molecule has 0 amide bonds. The van der Waals surface area contributed by atoms with Crippen LogP contribution in [0.2, 0.25) is 0 Å². The molecule has 1 aliphatic carbocycles. The smallest absolute Gasteiger partial charge is 0.188 e. The van der Waals surface area contributed by atoms with Crippen molar-refractivity contribution in [1.29, 1.82) is 0 Å². The Bertz CT molecular complexity index is 228. The molecule has 0 aromatic heterocycles. The molecular formula is C13H28IN3O. The van der Waals surface area contributed by atoms with Crippen molar-refractivity contribution < 1.29 is 4.74 Å². The molecule has 0 bridgehead atoms. The minimum atomic E-state index is 0. The van der Waals surface area contributed by atoms with E-state index in [4.69, 9.17) is 10.5 Å². The molecule has 4 nitrogen and oxygen atoms in total. The van der Waals surface area contributed by atoms with Gasteiger partial charge in [0, 0.05) is 19.7 Å². The average molecular weight is 369 g/mol. The van der Waals surface area contributed by atoms with E-state index >= 15 is 0 Å². The average Bonchev–Trinajstić information content (AvgIpc) is 2.79. The lowest BCUT2D eigenvalue weighted by Gasteiger charge is -2.11. The molecular weight excluding hydrogens is 341 g/mol. The van der Waals surface area contributed by atoms with E-state index in [0.717, 1.165) is 26.1 Å². The monoisotopic (exact) mass is 369 g/mol. The van der Waals surface area contributed by atoms with Gasteiger partial charge in [0.1, 0.15) is 0 Å². The van der Waals surface area contributed by atoms with Gasteiger partial charge in [0.25, 0.3) is 0 Å². The zero-order chi connectivity index (χ0) is 12.5. The SMILES string of the molecule is CC(C)CN=C(N)NCCCOC1CCCC1.I. The Morgan fingerprint density at radius 1 is 1.39 bits per heavy atom. The van der Waals surface area contributed by atoms with Crippen LogP contribution >= 0.6 is 24.0 Å². The second-order valence-corrected chi connectivity index (χ2v) is 5.18. The Morgan fingerprint density at radius 2 is 2.06 bits per heavy atom. The molecule has 0 aromatic carbocycles. The maximum Gasteiger partial charge on any atom is 0.188 e. The summed E-state index contributed by atoms with van der Waals surface area (Å²) in [7, 11) is 0. The second-order valence-electron chi connectivity index (χ2n) is 5.18. The minimum absolute atomic E-state index is 0. The highest BCUT2D eigenvalue weighted by Crippen LogP contribution is 2.20. The van der Waals surface area contributed by atoms with Gasteiger partial charge in [-0.1, -0.05) is 26.7 Å². The van der Waals surface area contributed by atoms with Gasteiger partial charge in [-0.05, 0) is 25.2 Å². The normalized spacial score (nSPS) is 16.9. The first-order valence-corrected chi connectivity index (χ1v) is 6.84. The van der Waals surface area contributed by atoms with Crippen molar-refractivity contribution >= 4 is 29.9 Å². The van der Waals surface area contributed by atoms with Gasteiger partial charge >= 0.3 is 0 Å². The minimum Gasteiger partial charge on any atom is -0.378 e. The van der Waals surface area contributed by atoms with Crippen molar-refractivity contribution in [2.45, 2.75) is 52.1 Å². The van der Waals surface area contributed by atoms with E-state index in [-0.39, 0.29) is 24.0 Å². The molecule has 108 valence electrons. The molecule has 5 heteroatoms. The van der Waals surface area contributed by atoms with Crippen molar-refractivity contribution in [3.63, 3.8) is 0 Å². The highest BCUT2D eigenvalue weighted by Gasteiger charge is 2.14. The lowest BCUT2D eigenvalue weighted by Crippen LogP contribution is -2.33. The van der Waals surface area contributed by atoms with Crippen LogP contribution in [0.15, 0.2) is 4.99 Å². The van der Waals surface area contributed by atoms with Crippen LogP contribution in [0.4, 0.5) is 0 Å². The fraction of sp³-hybridized carbons (Fsp3) is 0.923. The van der Waals surface area contributed by atoms with Gasteiger partial charge in [-0.25, -0.2) is 0 Å². The third-order valence-corrected chi connectivity index (χ3v) is 2.91. The van der Waals surface area contributed by atoms with Crippen molar-refractivity contribution in [2.24, 2.45) is 16.6 Å². The van der Waals surface area contributed by atoms with E-state index in [2.05, 4.69) is 24.2 Å². The summed E-state index contributed by atoms with van der Waals surface area (Å²) in [6.45, 7) is 6.73. The van der Waals surface area contributed by atoms with Gasteiger partial charge in [-0.15, -0.1) is 24.0 Å². The third-order valence-electron chi connectivity index (χ3n) is 2.91. The van der Waals surface area contributed by atoms with Gasteiger partial charge in [0.05, 0.1) is 6.10 Å². The summed E-state index contributed by atoms with van der Waals surface area (Å²) in [5, 5.41) is 3.11. The van der Waals surface area contributed by atoms with E-state index in [0.29, 0.717) is 18.0 Å². The van der Waals surface area contributed by atoms with Crippen LogP contribution in [-0.2, 0) is 4.74 Å². The first kappa shape index (κ1) is 18.0. The number of hydrogen-bond donors (Lipinski definition) is 2. The lowest BCUT2D eigenvalue weighted by atomic mass is 10.2. The van der Waals surface area contributed by atoms with Crippen molar-refractivity contribution in [1.82, 2.24) is 5.32 Å². The fourth-order valence-electron chi connectivity index (χ4n) is 1.93. The number of halogens is 1. The van der Waals surface area contributed by atoms with Gasteiger partial charge in [-0.3, -0.25) is 4.99 Å². The molecule has 0 saturated heterocycles. The fourth-order valence-corrected chi connectivity index (χ4v) is 1.93. The van der Waals surface area contributed by atoms with Crippen LogP contribution < -0.4 is 11.1 Å². The molecule has 0 unspecified atom stereocenters. The molecule has 1 saturated carbocycles. The van der Waals surface area contributed by atoms with Crippen LogP contribution in [0.5, 0.6) is 0 Å². The van der Waals surface area contributed by atoms with E-state index in [1.807, 2.05) is 0 Å². The van der Waals surface area contributed by atoms with Gasteiger partial charge in [0.2, 0.25) is 0 Å². The molecule has 3 N–H and O–H groups in total. The number of guanidine groups is 1.